The molecule has 9 heteroatoms. The normalized spacial score (nSPS) is 20.3. The SMILES string of the molecule is CCNC(=NCC(=O)N1CCc2ccccc21)N1CCS(=O)(=O)C(C)(C)C1.I. The summed E-state index contributed by atoms with van der Waals surface area (Å²) >= 11 is 0. The van der Waals surface area contributed by atoms with Crippen LogP contribution >= 0.6 is 24.0 Å². The van der Waals surface area contributed by atoms with E-state index in [1.807, 2.05) is 36.1 Å². The van der Waals surface area contributed by atoms with Gasteiger partial charge in [-0.1, -0.05) is 18.2 Å². The molecular weight excluding hydrogens is 491 g/mol. The Hall–Kier alpha value is -1.36. The van der Waals surface area contributed by atoms with Crippen LogP contribution in [0.3, 0.4) is 0 Å². The number of para-hydroxylation sites is 1. The average Bonchev–Trinajstić information content (AvgIpc) is 3.05. The number of carbonyl (C=O) groups excluding carboxylic acids is 1. The molecule has 2 aliphatic rings. The smallest absolute Gasteiger partial charge is 0.248 e. The minimum absolute atomic E-state index is 0. The molecule has 0 aromatic heterocycles. The topological polar surface area (TPSA) is 82.1 Å². The zero-order valence-electron chi connectivity index (χ0n) is 16.6. The fourth-order valence-corrected chi connectivity index (χ4v) is 4.94. The van der Waals surface area contributed by atoms with Crippen LogP contribution in [0.2, 0.25) is 0 Å². The summed E-state index contributed by atoms with van der Waals surface area (Å²) in [4.78, 5) is 20.9. The molecule has 0 atom stereocenters. The molecule has 1 amide bonds. The summed E-state index contributed by atoms with van der Waals surface area (Å²) in [6, 6.07) is 7.94. The Bertz CT molecular complexity index is 854. The van der Waals surface area contributed by atoms with Crippen LogP contribution in [0.1, 0.15) is 26.3 Å². The lowest BCUT2D eigenvalue weighted by Gasteiger charge is -2.39. The highest BCUT2D eigenvalue weighted by atomic mass is 127. The van der Waals surface area contributed by atoms with Crippen LogP contribution in [0.25, 0.3) is 0 Å². The fraction of sp³-hybridized carbons (Fsp3) is 0.579. The van der Waals surface area contributed by atoms with Gasteiger partial charge in [0, 0.05) is 31.9 Å². The van der Waals surface area contributed by atoms with E-state index in [0.29, 0.717) is 32.1 Å². The highest BCUT2D eigenvalue weighted by Gasteiger charge is 2.41. The summed E-state index contributed by atoms with van der Waals surface area (Å²) in [7, 11) is -3.12. The zero-order valence-corrected chi connectivity index (χ0v) is 19.8. The maximum absolute atomic E-state index is 12.7. The molecule has 2 heterocycles. The van der Waals surface area contributed by atoms with Crippen LogP contribution in [0.15, 0.2) is 29.3 Å². The Morgan fingerprint density at radius 2 is 1.96 bits per heavy atom. The molecule has 1 saturated heterocycles. The summed E-state index contributed by atoms with van der Waals surface area (Å²) < 4.78 is 23.6. The van der Waals surface area contributed by atoms with E-state index in [2.05, 4.69) is 10.3 Å². The molecule has 0 aliphatic carbocycles. The summed E-state index contributed by atoms with van der Waals surface area (Å²) in [6.07, 6.45) is 0.865. The van der Waals surface area contributed by atoms with E-state index in [9.17, 15) is 13.2 Å². The Morgan fingerprint density at radius 1 is 1.25 bits per heavy atom. The zero-order chi connectivity index (χ0) is 19.7. The third-order valence-corrected chi connectivity index (χ3v) is 7.76. The molecule has 1 aromatic rings. The molecule has 2 aliphatic heterocycles. The second kappa shape index (κ2) is 8.98. The Balaban J connectivity index is 0.00000280. The van der Waals surface area contributed by atoms with E-state index in [0.717, 1.165) is 12.1 Å². The molecule has 0 saturated carbocycles. The molecule has 1 fully saturated rings. The van der Waals surface area contributed by atoms with Gasteiger partial charge in [0.15, 0.2) is 15.8 Å². The first kappa shape index (κ1) is 22.9. The van der Waals surface area contributed by atoms with Crippen LogP contribution in [-0.4, -0.2) is 68.4 Å². The van der Waals surface area contributed by atoms with Crippen LogP contribution in [-0.2, 0) is 21.1 Å². The standard InChI is InChI=1S/C19H28N4O3S.HI/c1-4-20-18(22-11-12-27(25,26)19(2,3)14-22)21-13-17(24)23-10-9-15-7-5-6-8-16(15)23;/h5-8H,4,9-14H2,1-3H3,(H,20,21);1H. The van der Waals surface area contributed by atoms with E-state index >= 15 is 0 Å². The Labute approximate surface area is 184 Å². The first-order valence-corrected chi connectivity index (χ1v) is 11.0. The predicted molar refractivity (Wildman–Crippen MR) is 123 cm³/mol. The van der Waals surface area contributed by atoms with Crippen molar-refractivity contribution in [1.82, 2.24) is 10.2 Å². The van der Waals surface area contributed by atoms with E-state index in [4.69, 9.17) is 0 Å². The number of fused-ring (bicyclic) bond motifs is 1. The lowest BCUT2D eigenvalue weighted by molar-refractivity contribution is -0.117. The summed E-state index contributed by atoms with van der Waals surface area (Å²) in [6.45, 7) is 7.57. The summed E-state index contributed by atoms with van der Waals surface area (Å²) in [5.74, 6) is 0.651. The number of hydrogen-bond donors (Lipinski definition) is 1. The van der Waals surface area contributed by atoms with Gasteiger partial charge in [0.05, 0.1) is 10.5 Å². The number of sulfone groups is 1. The van der Waals surface area contributed by atoms with Gasteiger partial charge in [-0.15, -0.1) is 24.0 Å². The minimum Gasteiger partial charge on any atom is -0.357 e. The highest BCUT2D eigenvalue weighted by molar-refractivity contribution is 14.0. The van der Waals surface area contributed by atoms with Gasteiger partial charge < -0.3 is 15.1 Å². The summed E-state index contributed by atoms with van der Waals surface area (Å²) in [5.41, 5.74) is 2.15. The molecule has 0 unspecified atom stereocenters. The van der Waals surface area contributed by atoms with Gasteiger partial charge in [-0.3, -0.25) is 4.79 Å². The third kappa shape index (κ3) is 4.61. The number of anilines is 1. The largest absolute Gasteiger partial charge is 0.357 e. The van der Waals surface area contributed by atoms with Crippen molar-refractivity contribution >= 4 is 51.4 Å². The van der Waals surface area contributed by atoms with Crippen molar-refractivity contribution in [1.29, 1.82) is 0 Å². The Kier molecular flexibility index (Phi) is 7.35. The molecule has 0 spiro atoms. The molecule has 3 rings (SSSR count). The molecule has 7 nitrogen and oxygen atoms in total. The number of amides is 1. The number of carbonyl (C=O) groups is 1. The molecular formula is C19H29IN4O3S. The lowest BCUT2D eigenvalue weighted by atomic mass is 10.2. The number of benzene rings is 1. The van der Waals surface area contributed by atoms with Gasteiger partial charge in [-0.2, -0.15) is 0 Å². The van der Waals surface area contributed by atoms with Crippen molar-refractivity contribution in [2.75, 3.05) is 43.4 Å². The average molecular weight is 520 g/mol. The number of nitrogens with zero attached hydrogens (tertiary/aromatic N) is 3. The molecule has 0 bridgehead atoms. The number of halogens is 1. The molecule has 28 heavy (non-hydrogen) atoms. The van der Waals surface area contributed by atoms with Crippen molar-refractivity contribution in [3.8, 4) is 0 Å². The maximum atomic E-state index is 12.7. The maximum Gasteiger partial charge on any atom is 0.248 e. The van der Waals surface area contributed by atoms with E-state index in [1.54, 1.807) is 18.7 Å². The van der Waals surface area contributed by atoms with E-state index < -0.39 is 14.6 Å². The molecule has 1 N–H and O–H groups in total. The van der Waals surface area contributed by atoms with E-state index in [-0.39, 0.29) is 42.2 Å². The van der Waals surface area contributed by atoms with Crippen molar-refractivity contribution in [2.45, 2.75) is 31.9 Å². The first-order chi connectivity index (χ1) is 12.7. The Morgan fingerprint density at radius 3 is 2.64 bits per heavy atom. The summed E-state index contributed by atoms with van der Waals surface area (Å²) in [5, 5.41) is 3.19. The second-order valence-corrected chi connectivity index (χ2v) is 10.3. The number of rotatable bonds is 3. The number of guanidine groups is 1. The van der Waals surface area contributed by atoms with Gasteiger partial charge >= 0.3 is 0 Å². The van der Waals surface area contributed by atoms with Crippen molar-refractivity contribution in [2.24, 2.45) is 4.99 Å². The van der Waals surface area contributed by atoms with Crippen molar-refractivity contribution in [3.63, 3.8) is 0 Å². The lowest BCUT2D eigenvalue weighted by Crippen LogP contribution is -2.57. The first-order valence-electron chi connectivity index (χ1n) is 9.39. The quantitative estimate of drug-likeness (QED) is 0.373. The van der Waals surface area contributed by atoms with Crippen LogP contribution in [0.5, 0.6) is 0 Å². The monoisotopic (exact) mass is 520 g/mol. The van der Waals surface area contributed by atoms with Crippen molar-refractivity contribution < 1.29 is 13.2 Å². The second-order valence-electron chi connectivity index (χ2n) is 7.59. The highest BCUT2D eigenvalue weighted by Crippen LogP contribution is 2.27. The van der Waals surface area contributed by atoms with Gasteiger partial charge in [0.1, 0.15) is 6.54 Å². The van der Waals surface area contributed by atoms with E-state index in [1.165, 1.54) is 5.56 Å². The fourth-order valence-electron chi connectivity index (χ4n) is 3.58. The third-order valence-electron chi connectivity index (χ3n) is 5.23. The number of aliphatic imine (C=N–C) groups is 1. The van der Waals surface area contributed by atoms with Crippen LogP contribution in [0, 0.1) is 0 Å². The minimum atomic E-state index is -3.12. The van der Waals surface area contributed by atoms with Gasteiger partial charge in [0.2, 0.25) is 5.91 Å². The van der Waals surface area contributed by atoms with Crippen LogP contribution < -0.4 is 10.2 Å². The van der Waals surface area contributed by atoms with Gasteiger partial charge in [-0.25, -0.2) is 13.4 Å². The molecule has 1 aromatic carbocycles. The molecule has 0 radical (unpaired) electrons. The number of hydrogen-bond acceptors (Lipinski definition) is 4. The van der Waals surface area contributed by atoms with Crippen molar-refractivity contribution in [3.05, 3.63) is 29.8 Å². The number of nitrogens with one attached hydrogen (secondary N) is 1. The molecule has 156 valence electrons. The van der Waals surface area contributed by atoms with Gasteiger partial charge in [-0.05, 0) is 38.8 Å². The van der Waals surface area contributed by atoms with Gasteiger partial charge in [0.25, 0.3) is 0 Å². The van der Waals surface area contributed by atoms with Crippen LogP contribution in [0.4, 0.5) is 5.69 Å². The predicted octanol–water partition coefficient (Wildman–Crippen LogP) is 1.67.